The van der Waals surface area contributed by atoms with Crippen LogP contribution in [0.1, 0.15) is 5.69 Å². The topological polar surface area (TPSA) is 72.0 Å². The summed E-state index contributed by atoms with van der Waals surface area (Å²) >= 11 is 5.85. The van der Waals surface area contributed by atoms with Crippen molar-refractivity contribution >= 4 is 27.4 Å². The first-order valence-corrected chi connectivity index (χ1v) is 7.61. The van der Waals surface area contributed by atoms with Crippen molar-refractivity contribution in [1.82, 2.24) is 9.97 Å². The molecule has 0 saturated heterocycles. The Morgan fingerprint density at radius 1 is 1.11 bits per heavy atom. The first-order chi connectivity index (χ1) is 9.07. The van der Waals surface area contributed by atoms with Crippen LogP contribution in [0, 0.1) is 0 Å². The van der Waals surface area contributed by atoms with Crippen LogP contribution in [0.5, 0.6) is 0 Å². The van der Waals surface area contributed by atoms with Crippen molar-refractivity contribution in [3.8, 4) is 0 Å². The van der Waals surface area contributed by atoms with E-state index in [0.29, 0.717) is 6.42 Å². The number of aromatic nitrogens is 2. The molecule has 0 aromatic carbocycles. The summed E-state index contributed by atoms with van der Waals surface area (Å²) in [5, 5.41) is 0.268. The summed E-state index contributed by atoms with van der Waals surface area (Å²) in [6.07, 6.45) is 3.44. The first kappa shape index (κ1) is 13.8. The molecule has 0 spiro atoms. The molecule has 1 N–H and O–H groups in total. The fourth-order valence-corrected chi connectivity index (χ4v) is 2.71. The number of nitrogens with one attached hydrogen (secondary N) is 1. The molecule has 0 aliphatic rings. The molecule has 5 nitrogen and oxygen atoms in total. The molecule has 100 valence electrons. The summed E-state index contributed by atoms with van der Waals surface area (Å²) in [4.78, 5) is 7.95. The lowest BCUT2D eigenvalue weighted by atomic mass is 10.3. The largest absolute Gasteiger partial charge is 0.266 e. The lowest BCUT2D eigenvalue weighted by molar-refractivity contribution is 0.600. The minimum Gasteiger partial charge on any atom is -0.266 e. The molecule has 0 amide bonds. The van der Waals surface area contributed by atoms with Crippen LogP contribution in [-0.4, -0.2) is 24.1 Å². The molecular formula is C12H12ClN3O2S. The van der Waals surface area contributed by atoms with E-state index in [1.165, 1.54) is 6.20 Å². The number of rotatable bonds is 5. The van der Waals surface area contributed by atoms with Crippen LogP contribution in [0.3, 0.4) is 0 Å². The zero-order chi connectivity index (χ0) is 13.7. The molecule has 0 fully saturated rings. The van der Waals surface area contributed by atoms with E-state index in [4.69, 9.17) is 11.6 Å². The third-order valence-corrected chi connectivity index (χ3v) is 3.91. The zero-order valence-corrected chi connectivity index (χ0v) is 11.5. The molecule has 0 radical (unpaired) electrons. The smallest absolute Gasteiger partial charge is 0.234 e. The van der Waals surface area contributed by atoms with Gasteiger partial charge >= 0.3 is 0 Å². The Labute approximate surface area is 116 Å². The summed E-state index contributed by atoms with van der Waals surface area (Å²) in [6, 6.07) is 8.59. The molecule has 2 aromatic rings. The van der Waals surface area contributed by atoms with Crippen LogP contribution in [0.2, 0.25) is 5.02 Å². The number of aryl methyl sites for hydroxylation is 1. The van der Waals surface area contributed by atoms with Crippen molar-refractivity contribution in [3.05, 3.63) is 53.4 Å². The number of nitrogens with zero attached hydrogens (tertiary/aromatic N) is 2. The number of hydrogen-bond donors (Lipinski definition) is 1. The van der Waals surface area contributed by atoms with Gasteiger partial charge in [-0.15, -0.1) is 0 Å². The molecule has 0 unspecified atom stereocenters. The monoisotopic (exact) mass is 297 g/mol. The Hall–Kier alpha value is -1.66. The summed E-state index contributed by atoms with van der Waals surface area (Å²) < 4.78 is 26.1. The van der Waals surface area contributed by atoms with Gasteiger partial charge in [0, 0.05) is 24.5 Å². The number of pyridine rings is 2. The standard InChI is InChI=1S/C12H12ClN3O2S/c13-11-5-3-8-15-12(11)16-19(17,18)9-6-10-4-1-2-7-14-10/h1-5,7-8H,6,9H2,(H,15,16). The van der Waals surface area contributed by atoms with Crippen molar-refractivity contribution in [1.29, 1.82) is 0 Å². The van der Waals surface area contributed by atoms with Gasteiger partial charge in [-0.3, -0.25) is 9.71 Å². The van der Waals surface area contributed by atoms with Gasteiger partial charge in [0.1, 0.15) is 0 Å². The first-order valence-electron chi connectivity index (χ1n) is 5.58. The molecule has 0 aliphatic carbocycles. The lowest BCUT2D eigenvalue weighted by Gasteiger charge is -2.08. The second-order valence-electron chi connectivity index (χ2n) is 3.83. The van der Waals surface area contributed by atoms with Gasteiger partial charge in [-0.25, -0.2) is 13.4 Å². The third-order valence-electron chi connectivity index (χ3n) is 2.36. The maximum Gasteiger partial charge on any atom is 0.234 e. The van der Waals surface area contributed by atoms with Crippen LogP contribution < -0.4 is 4.72 Å². The van der Waals surface area contributed by atoms with Gasteiger partial charge in [-0.2, -0.15) is 0 Å². The van der Waals surface area contributed by atoms with E-state index in [2.05, 4.69) is 14.7 Å². The Morgan fingerprint density at radius 3 is 2.58 bits per heavy atom. The van der Waals surface area contributed by atoms with E-state index in [1.54, 1.807) is 30.5 Å². The molecule has 0 saturated carbocycles. The van der Waals surface area contributed by atoms with Crippen LogP contribution >= 0.6 is 11.6 Å². The molecule has 2 aromatic heterocycles. The normalized spacial score (nSPS) is 11.2. The fourth-order valence-electron chi connectivity index (χ4n) is 1.44. The quantitative estimate of drug-likeness (QED) is 0.917. The Morgan fingerprint density at radius 2 is 1.89 bits per heavy atom. The van der Waals surface area contributed by atoms with E-state index in [9.17, 15) is 8.42 Å². The highest BCUT2D eigenvalue weighted by molar-refractivity contribution is 7.92. The van der Waals surface area contributed by atoms with E-state index < -0.39 is 10.0 Å². The van der Waals surface area contributed by atoms with Gasteiger partial charge in [0.2, 0.25) is 10.0 Å². The van der Waals surface area contributed by atoms with Crippen molar-refractivity contribution < 1.29 is 8.42 Å². The maximum atomic E-state index is 11.9. The SMILES string of the molecule is O=S(=O)(CCc1ccccn1)Nc1ncccc1Cl. The van der Waals surface area contributed by atoms with Crippen LogP contribution in [0.25, 0.3) is 0 Å². The molecular weight excluding hydrogens is 286 g/mol. The third kappa shape index (κ3) is 4.18. The second kappa shape index (κ2) is 5.99. The van der Waals surface area contributed by atoms with Crippen molar-refractivity contribution in [3.63, 3.8) is 0 Å². The number of halogens is 1. The Balaban J connectivity index is 2.02. The maximum absolute atomic E-state index is 11.9. The summed E-state index contributed by atoms with van der Waals surface area (Å²) in [6.45, 7) is 0. The van der Waals surface area contributed by atoms with Crippen LogP contribution in [-0.2, 0) is 16.4 Å². The highest BCUT2D eigenvalue weighted by Gasteiger charge is 2.13. The van der Waals surface area contributed by atoms with Gasteiger partial charge in [0.25, 0.3) is 0 Å². The lowest BCUT2D eigenvalue weighted by Crippen LogP contribution is -2.19. The second-order valence-corrected chi connectivity index (χ2v) is 6.07. The average Bonchev–Trinajstić information content (AvgIpc) is 2.40. The molecule has 7 heteroatoms. The van der Waals surface area contributed by atoms with Gasteiger partial charge in [-0.05, 0) is 24.3 Å². The predicted octanol–water partition coefficient (Wildman–Crippen LogP) is 2.11. The van der Waals surface area contributed by atoms with E-state index in [1.807, 2.05) is 6.07 Å². The van der Waals surface area contributed by atoms with Gasteiger partial charge in [-0.1, -0.05) is 17.7 Å². The van der Waals surface area contributed by atoms with Crippen LogP contribution in [0.15, 0.2) is 42.7 Å². The predicted molar refractivity (Wildman–Crippen MR) is 74.6 cm³/mol. The number of anilines is 1. The number of hydrogen-bond acceptors (Lipinski definition) is 4. The average molecular weight is 298 g/mol. The fraction of sp³-hybridized carbons (Fsp3) is 0.167. The highest BCUT2D eigenvalue weighted by atomic mass is 35.5. The Bertz CT molecular complexity index is 647. The van der Waals surface area contributed by atoms with Crippen molar-refractivity contribution in [2.45, 2.75) is 6.42 Å². The molecule has 2 heterocycles. The zero-order valence-electron chi connectivity index (χ0n) is 9.95. The minimum atomic E-state index is -3.49. The van der Waals surface area contributed by atoms with Gasteiger partial charge < -0.3 is 0 Å². The summed E-state index contributed by atoms with van der Waals surface area (Å²) in [5.41, 5.74) is 0.722. The van der Waals surface area contributed by atoms with E-state index in [-0.39, 0.29) is 16.6 Å². The molecule has 0 atom stereocenters. The van der Waals surface area contributed by atoms with E-state index >= 15 is 0 Å². The Kier molecular flexibility index (Phi) is 4.34. The molecule has 0 bridgehead atoms. The van der Waals surface area contributed by atoms with Crippen molar-refractivity contribution in [2.75, 3.05) is 10.5 Å². The number of sulfonamides is 1. The summed E-state index contributed by atoms with van der Waals surface area (Å²) in [5.74, 6) is 0.0712. The van der Waals surface area contributed by atoms with E-state index in [0.717, 1.165) is 5.69 Å². The van der Waals surface area contributed by atoms with Crippen molar-refractivity contribution in [2.24, 2.45) is 0 Å². The molecule has 0 aliphatic heterocycles. The highest BCUT2D eigenvalue weighted by Crippen LogP contribution is 2.18. The molecule has 19 heavy (non-hydrogen) atoms. The van der Waals surface area contributed by atoms with Gasteiger partial charge in [0.05, 0.1) is 10.8 Å². The minimum absolute atomic E-state index is 0.0725. The molecule has 2 rings (SSSR count). The van der Waals surface area contributed by atoms with Crippen LogP contribution in [0.4, 0.5) is 5.82 Å². The summed E-state index contributed by atoms with van der Waals surface area (Å²) in [7, 11) is -3.49. The van der Waals surface area contributed by atoms with Gasteiger partial charge in [0.15, 0.2) is 5.82 Å².